The van der Waals surface area contributed by atoms with Crippen LogP contribution in [0.5, 0.6) is 0 Å². The van der Waals surface area contributed by atoms with Gasteiger partial charge < -0.3 is 4.98 Å². The third-order valence-electron chi connectivity index (χ3n) is 4.91. The number of benzene rings is 2. The lowest BCUT2D eigenvalue weighted by Crippen LogP contribution is -2.22. The molecule has 9 heteroatoms. The van der Waals surface area contributed by atoms with Gasteiger partial charge in [-0.25, -0.2) is 0 Å². The number of rotatable bonds is 4. The van der Waals surface area contributed by atoms with Gasteiger partial charge in [-0.05, 0) is 35.4 Å². The summed E-state index contributed by atoms with van der Waals surface area (Å²) < 4.78 is 79.1. The second kappa shape index (κ2) is 8.52. The van der Waals surface area contributed by atoms with E-state index in [1.54, 1.807) is 6.20 Å². The standard InChI is InChI=1S/C23H21BF6N2/c1-21(2,3)19-13-31-20(32-19)24-18(15-7-5-9-17(12-15)23(28,29)30)11-14-6-4-8-16(10-14)22(25,26)27/h4-13,24H,1-3H3,(H,31,32). The molecule has 0 fully saturated rings. The van der Waals surface area contributed by atoms with Gasteiger partial charge in [0, 0.05) is 17.3 Å². The molecule has 168 valence electrons. The molecule has 0 saturated carbocycles. The van der Waals surface area contributed by atoms with Gasteiger partial charge in [-0.3, -0.25) is 4.98 Å². The lowest BCUT2D eigenvalue weighted by atomic mass is 9.65. The molecule has 1 heterocycles. The van der Waals surface area contributed by atoms with Crippen molar-refractivity contribution in [1.29, 1.82) is 0 Å². The first-order valence-electron chi connectivity index (χ1n) is 9.83. The molecule has 0 radical (unpaired) electrons. The number of imidazole rings is 1. The number of aromatic amines is 1. The van der Waals surface area contributed by atoms with Gasteiger partial charge in [0.05, 0.1) is 16.9 Å². The quantitative estimate of drug-likeness (QED) is 0.295. The first-order valence-corrected chi connectivity index (χ1v) is 9.83. The van der Waals surface area contributed by atoms with E-state index in [2.05, 4.69) is 9.97 Å². The van der Waals surface area contributed by atoms with Gasteiger partial charge in [-0.1, -0.05) is 56.6 Å². The maximum atomic E-state index is 13.2. The van der Waals surface area contributed by atoms with Crippen molar-refractivity contribution in [1.82, 2.24) is 9.97 Å². The summed E-state index contributed by atoms with van der Waals surface area (Å²) >= 11 is 0. The molecule has 0 amide bonds. The summed E-state index contributed by atoms with van der Waals surface area (Å²) in [6.45, 7) is 5.95. The molecular formula is C23H21BF6N2. The summed E-state index contributed by atoms with van der Waals surface area (Å²) in [7, 11) is 0.119. The minimum absolute atomic E-state index is 0.119. The Hall–Kier alpha value is -2.97. The Labute approximate surface area is 182 Å². The minimum Gasteiger partial charge on any atom is -0.354 e. The van der Waals surface area contributed by atoms with Crippen molar-refractivity contribution in [3.05, 3.63) is 82.7 Å². The number of nitrogens with zero attached hydrogens (tertiary/aromatic N) is 1. The highest BCUT2D eigenvalue weighted by Gasteiger charge is 2.31. The number of nitrogens with one attached hydrogen (secondary N) is 1. The number of alkyl halides is 6. The van der Waals surface area contributed by atoms with Gasteiger partial charge >= 0.3 is 12.4 Å². The summed E-state index contributed by atoms with van der Waals surface area (Å²) in [4.78, 5) is 7.48. The van der Waals surface area contributed by atoms with Gasteiger partial charge in [0.25, 0.3) is 0 Å². The van der Waals surface area contributed by atoms with Crippen LogP contribution in [0.15, 0.2) is 54.7 Å². The summed E-state index contributed by atoms with van der Waals surface area (Å²) in [5.41, 5.74) is 0.362. The zero-order valence-electron chi connectivity index (χ0n) is 17.7. The molecule has 0 unspecified atom stereocenters. The zero-order valence-corrected chi connectivity index (χ0v) is 17.7. The molecule has 0 aliphatic heterocycles. The van der Waals surface area contributed by atoms with E-state index in [4.69, 9.17) is 0 Å². The number of halogens is 6. The number of aromatic nitrogens is 2. The first kappa shape index (κ1) is 23.7. The third kappa shape index (κ3) is 5.84. The van der Waals surface area contributed by atoms with E-state index in [-0.39, 0.29) is 23.8 Å². The molecule has 0 saturated heterocycles. The Kier molecular flexibility index (Phi) is 6.31. The number of hydrogen-bond acceptors (Lipinski definition) is 1. The van der Waals surface area contributed by atoms with Crippen molar-refractivity contribution < 1.29 is 26.3 Å². The summed E-state index contributed by atoms with van der Waals surface area (Å²) in [6.07, 6.45) is -5.95. The Morgan fingerprint density at radius 3 is 2.03 bits per heavy atom. The maximum absolute atomic E-state index is 13.2. The lowest BCUT2D eigenvalue weighted by molar-refractivity contribution is -0.138. The highest BCUT2D eigenvalue weighted by molar-refractivity contribution is 6.73. The SMILES string of the molecule is CC(C)(C)c1cnc(BC(=Cc2cccc(C(F)(F)F)c2)c2cccc(C(F)(F)F)c2)[nH]1. The Balaban J connectivity index is 2.08. The van der Waals surface area contributed by atoms with Gasteiger partial charge in [0.15, 0.2) is 0 Å². The second-order valence-electron chi connectivity index (χ2n) is 8.54. The molecule has 2 aromatic carbocycles. The van der Waals surface area contributed by atoms with Crippen LogP contribution in [0.25, 0.3) is 11.5 Å². The second-order valence-corrected chi connectivity index (χ2v) is 8.54. The van der Waals surface area contributed by atoms with Crippen LogP contribution in [-0.2, 0) is 17.8 Å². The first-order chi connectivity index (χ1) is 14.7. The predicted octanol–water partition coefficient (Wildman–Crippen LogP) is 6.00. The van der Waals surface area contributed by atoms with E-state index in [0.717, 1.165) is 30.0 Å². The van der Waals surface area contributed by atoms with E-state index in [9.17, 15) is 26.3 Å². The monoisotopic (exact) mass is 450 g/mol. The van der Waals surface area contributed by atoms with Crippen molar-refractivity contribution in [3.8, 4) is 0 Å². The van der Waals surface area contributed by atoms with E-state index < -0.39 is 23.5 Å². The maximum Gasteiger partial charge on any atom is 0.416 e. The van der Waals surface area contributed by atoms with Gasteiger partial charge in [-0.15, -0.1) is 0 Å². The molecule has 0 aliphatic carbocycles. The zero-order chi connectivity index (χ0) is 23.7. The highest BCUT2D eigenvalue weighted by Crippen LogP contribution is 2.32. The van der Waals surface area contributed by atoms with Crippen LogP contribution in [0.1, 0.15) is 48.7 Å². The van der Waals surface area contributed by atoms with Crippen molar-refractivity contribution in [2.45, 2.75) is 38.5 Å². The molecule has 3 rings (SSSR count). The van der Waals surface area contributed by atoms with E-state index in [0.29, 0.717) is 11.2 Å². The van der Waals surface area contributed by atoms with Crippen LogP contribution in [-0.4, -0.2) is 17.2 Å². The Morgan fingerprint density at radius 1 is 0.875 bits per heavy atom. The fraction of sp³-hybridized carbons (Fsp3) is 0.261. The molecule has 0 atom stereocenters. The van der Waals surface area contributed by atoms with Gasteiger partial charge in [-0.2, -0.15) is 26.3 Å². The largest absolute Gasteiger partial charge is 0.416 e. The summed E-state index contributed by atoms with van der Waals surface area (Å²) in [5, 5.41) is 0. The molecule has 3 aromatic rings. The molecule has 32 heavy (non-hydrogen) atoms. The van der Waals surface area contributed by atoms with E-state index >= 15 is 0 Å². The normalized spacial score (nSPS) is 13.3. The number of hydrogen-bond donors (Lipinski definition) is 1. The highest BCUT2D eigenvalue weighted by atomic mass is 19.4. The summed E-state index contributed by atoms with van der Waals surface area (Å²) in [5.74, 6) is 0. The van der Waals surface area contributed by atoms with Crippen LogP contribution in [0, 0.1) is 0 Å². The lowest BCUT2D eigenvalue weighted by Gasteiger charge is -2.15. The van der Waals surface area contributed by atoms with Crippen molar-refractivity contribution in [3.63, 3.8) is 0 Å². The molecule has 1 aromatic heterocycles. The molecule has 1 N–H and O–H groups in total. The van der Waals surface area contributed by atoms with Crippen LogP contribution in [0.2, 0.25) is 0 Å². The average molecular weight is 450 g/mol. The van der Waals surface area contributed by atoms with Crippen LogP contribution < -0.4 is 5.72 Å². The fourth-order valence-electron chi connectivity index (χ4n) is 3.15. The smallest absolute Gasteiger partial charge is 0.354 e. The average Bonchev–Trinajstić information content (AvgIpc) is 3.16. The molecular weight excluding hydrogens is 429 g/mol. The van der Waals surface area contributed by atoms with Crippen molar-refractivity contribution in [2.75, 3.05) is 0 Å². The molecule has 2 nitrogen and oxygen atoms in total. The Morgan fingerprint density at radius 2 is 1.47 bits per heavy atom. The molecule has 0 aliphatic rings. The minimum atomic E-state index is -4.54. The van der Waals surface area contributed by atoms with Crippen LogP contribution in [0.4, 0.5) is 26.3 Å². The van der Waals surface area contributed by atoms with Crippen LogP contribution >= 0.6 is 0 Å². The molecule has 0 spiro atoms. The Bertz CT molecular complexity index is 1120. The summed E-state index contributed by atoms with van der Waals surface area (Å²) in [6, 6.07) is 9.39. The van der Waals surface area contributed by atoms with Crippen molar-refractivity contribution in [2.24, 2.45) is 0 Å². The topological polar surface area (TPSA) is 28.7 Å². The van der Waals surface area contributed by atoms with Gasteiger partial charge in [0.2, 0.25) is 7.28 Å². The van der Waals surface area contributed by atoms with Crippen LogP contribution in [0.3, 0.4) is 0 Å². The van der Waals surface area contributed by atoms with Crippen molar-refractivity contribution >= 4 is 24.6 Å². The fourth-order valence-corrected chi connectivity index (χ4v) is 3.15. The van der Waals surface area contributed by atoms with E-state index in [1.165, 1.54) is 30.3 Å². The number of H-pyrrole nitrogens is 1. The molecule has 0 bridgehead atoms. The predicted molar refractivity (Wildman–Crippen MR) is 115 cm³/mol. The van der Waals surface area contributed by atoms with Gasteiger partial charge in [0.1, 0.15) is 0 Å². The van der Waals surface area contributed by atoms with E-state index in [1.807, 2.05) is 20.8 Å². The third-order valence-corrected chi connectivity index (χ3v) is 4.91.